The molecule has 4 nitrogen and oxygen atoms in total. The molecule has 1 aliphatic rings. The van der Waals surface area contributed by atoms with Crippen LogP contribution in [0.15, 0.2) is 22.7 Å². The highest BCUT2D eigenvalue weighted by molar-refractivity contribution is 9.10. The van der Waals surface area contributed by atoms with E-state index in [1.54, 1.807) is 17.0 Å². The number of amides is 2. The molecule has 1 aliphatic heterocycles. The molecule has 2 amide bonds. The molecule has 0 aromatic heterocycles. The molecule has 2 rings (SSSR count). The summed E-state index contributed by atoms with van der Waals surface area (Å²) in [6, 6.07) is 5.32. The second kappa shape index (κ2) is 4.43. The molecule has 1 heterocycles. The fraction of sp³-hybridized carbons (Fsp3) is 0.200. The van der Waals surface area contributed by atoms with Crippen LogP contribution in [0.5, 0.6) is 0 Å². The van der Waals surface area contributed by atoms with Crippen molar-refractivity contribution in [2.45, 2.75) is 0 Å². The lowest BCUT2D eigenvalue weighted by atomic mass is 10.2. The van der Waals surface area contributed by atoms with Crippen molar-refractivity contribution in [2.24, 2.45) is 0 Å². The Labute approximate surface area is 106 Å². The molecule has 1 saturated heterocycles. The Morgan fingerprint density at radius 3 is 2.50 bits per heavy atom. The summed E-state index contributed by atoms with van der Waals surface area (Å²) in [5.74, 6) is -0.605. The summed E-state index contributed by atoms with van der Waals surface area (Å²) >= 11 is 9.29. The fourth-order valence-corrected chi connectivity index (χ4v) is 2.23. The number of benzene rings is 1. The number of anilines is 1. The lowest BCUT2D eigenvalue weighted by molar-refractivity contribution is -0.130. The number of halogens is 2. The van der Waals surface area contributed by atoms with Crippen molar-refractivity contribution in [3.05, 3.63) is 27.7 Å². The van der Waals surface area contributed by atoms with Gasteiger partial charge in [-0.25, -0.2) is 0 Å². The van der Waals surface area contributed by atoms with E-state index in [9.17, 15) is 9.59 Å². The molecule has 1 aromatic rings. The van der Waals surface area contributed by atoms with Crippen LogP contribution in [0, 0.1) is 0 Å². The normalized spacial score (nSPS) is 16.2. The topological polar surface area (TPSA) is 49.4 Å². The van der Waals surface area contributed by atoms with Gasteiger partial charge in [-0.1, -0.05) is 17.7 Å². The zero-order chi connectivity index (χ0) is 11.7. The van der Waals surface area contributed by atoms with Crippen LogP contribution < -0.4 is 10.2 Å². The number of hydrogen-bond donors (Lipinski definition) is 1. The van der Waals surface area contributed by atoms with Crippen molar-refractivity contribution < 1.29 is 9.59 Å². The van der Waals surface area contributed by atoms with Gasteiger partial charge in [0.15, 0.2) is 0 Å². The largest absolute Gasteiger partial charge is 0.352 e. The van der Waals surface area contributed by atoms with Crippen LogP contribution in [0.4, 0.5) is 5.69 Å². The van der Waals surface area contributed by atoms with Crippen molar-refractivity contribution in [1.82, 2.24) is 5.32 Å². The number of rotatable bonds is 1. The minimum absolute atomic E-state index is 0.157. The maximum atomic E-state index is 11.2. The van der Waals surface area contributed by atoms with E-state index in [-0.39, 0.29) is 24.9 Å². The van der Waals surface area contributed by atoms with E-state index >= 15 is 0 Å². The van der Waals surface area contributed by atoms with Crippen LogP contribution in [-0.2, 0) is 9.59 Å². The van der Waals surface area contributed by atoms with Crippen molar-refractivity contribution in [1.29, 1.82) is 0 Å². The first-order valence-electron chi connectivity index (χ1n) is 4.59. The quantitative estimate of drug-likeness (QED) is 0.801. The van der Waals surface area contributed by atoms with Crippen molar-refractivity contribution >= 4 is 45.0 Å². The summed E-state index contributed by atoms with van der Waals surface area (Å²) < 4.78 is 0.694. The summed E-state index contributed by atoms with van der Waals surface area (Å²) in [4.78, 5) is 24.1. The molecule has 0 unspecified atom stereocenters. The van der Waals surface area contributed by atoms with E-state index < -0.39 is 0 Å². The smallest absolute Gasteiger partial charge is 0.246 e. The van der Waals surface area contributed by atoms with Crippen LogP contribution in [0.2, 0.25) is 5.02 Å². The van der Waals surface area contributed by atoms with Crippen molar-refractivity contribution in [3.8, 4) is 0 Å². The van der Waals surface area contributed by atoms with E-state index in [4.69, 9.17) is 11.6 Å². The molecular weight excluding hydrogens is 295 g/mol. The molecule has 6 heteroatoms. The maximum Gasteiger partial charge on any atom is 0.246 e. The average Bonchev–Trinajstić information content (AvgIpc) is 2.20. The number of carbonyl (C=O) groups excluding carboxylic acids is 2. The molecule has 0 saturated carbocycles. The lowest BCUT2D eigenvalue weighted by Crippen LogP contribution is -2.51. The summed E-state index contributed by atoms with van der Waals surface area (Å²) in [6.07, 6.45) is 0. The molecule has 0 spiro atoms. The van der Waals surface area contributed by atoms with Crippen molar-refractivity contribution in [3.63, 3.8) is 0 Å². The highest BCUT2D eigenvalue weighted by Gasteiger charge is 2.24. The number of nitrogens with one attached hydrogen (secondary N) is 1. The van der Waals surface area contributed by atoms with Crippen LogP contribution in [0.1, 0.15) is 0 Å². The first-order chi connectivity index (χ1) is 7.58. The number of carbonyl (C=O) groups is 2. The average molecular weight is 304 g/mol. The second-order valence-corrected chi connectivity index (χ2v) is 4.60. The summed E-state index contributed by atoms with van der Waals surface area (Å²) in [5, 5.41) is 2.80. The van der Waals surface area contributed by atoms with E-state index in [1.165, 1.54) is 0 Å². The predicted molar refractivity (Wildman–Crippen MR) is 64.5 cm³/mol. The van der Waals surface area contributed by atoms with Crippen molar-refractivity contribution in [2.75, 3.05) is 18.0 Å². The third-order valence-electron chi connectivity index (χ3n) is 2.22. The lowest BCUT2D eigenvalue weighted by Gasteiger charge is -2.28. The van der Waals surface area contributed by atoms with Gasteiger partial charge in [-0.3, -0.25) is 14.9 Å². The molecule has 0 bridgehead atoms. The highest BCUT2D eigenvalue weighted by atomic mass is 79.9. The fourth-order valence-electron chi connectivity index (χ4n) is 1.54. The van der Waals surface area contributed by atoms with Gasteiger partial charge in [-0.15, -0.1) is 0 Å². The molecule has 1 fully saturated rings. The zero-order valence-corrected chi connectivity index (χ0v) is 10.5. The molecule has 84 valence electrons. The second-order valence-electron chi connectivity index (χ2n) is 3.40. The van der Waals surface area contributed by atoms with Crippen LogP contribution in [0.25, 0.3) is 0 Å². The Kier molecular flexibility index (Phi) is 3.16. The minimum Gasteiger partial charge on any atom is -0.352 e. The molecule has 16 heavy (non-hydrogen) atoms. The van der Waals surface area contributed by atoms with Crippen LogP contribution in [0.3, 0.4) is 0 Å². The Hall–Kier alpha value is -1.07. The number of nitrogens with zero attached hydrogens (tertiary/aromatic N) is 1. The molecule has 1 aromatic carbocycles. The Bertz CT molecular complexity index is 448. The number of imide groups is 1. The zero-order valence-electron chi connectivity index (χ0n) is 8.17. The Morgan fingerprint density at radius 2 is 1.88 bits per heavy atom. The molecular formula is C10H8BrClN2O2. The van der Waals surface area contributed by atoms with Gasteiger partial charge in [-0.2, -0.15) is 0 Å². The first kappa shape index (κ1) is 11.4. The van der Waals surface area contributed by atoms with Gasteiger partial charge in [0.25, 0.3) is 0 Å². The first-order valence-corrected chi connectivity index (χ1v) is 5.76. The minimum atomic E-state index is -0.303. The van der Waals surface area contributed by atoms with Gasteiger partial charge >= 0.3 is 0 Å². The summed E-state index contributed by atoms with van der Waals surface area (Å²) in [7, 11) is 0. The number of hydrogen-bond acceptors (Lipinski definition) is 3. The Balaban J connectivity index is 2.33. The van der Waals surface area contributed by atoms with Gasteiger partial charge in [-0.05, 0) is 28.1 Å². The third-order valence-corrected chi connectivity index (χ3v) is 3.60. The van der Waals surface area contributed by atoms with Crippen LogP contribution >= 0.6 is 27.5 Å². The van der Waals surface area contributed by atoms with Gasteiger partial charge in [0.1, 0.15) is 0 Å². The molecule has 0 aliphatic carbocycles. The third kappa shape index (κ3) is 2.20. The maximum absolute atomic E-state index is 11.2. The Morgan fingerprint density at radius 1 is 1.25 bits per heavy atom. The van der Waals surface area contributed by atoms with E-state index in [1.807, 2.05) is 6.07 Å². The molecule has 0 atom stereocenters. The van der Waals surface area contributed by atoms with Gasteiger partial charge in [0, 0.05) is 0 Å². The van der Waals surface area contributed by atoms with E-state index in [0.29, 0.717) is 9.50 Å². The number of piperazine rings is 1. The molecule has 0 radical (unpaired) electrons. The van der Waals surface area contributed by atoms with Gasteiger partial charge in [0.2, 0.25) is 11.8 Å². The SMILES string of the molecule is O=C1CN(c2cccc(Cl)c2Br)CC(=O)N1. The predicted octanol–water partition coefficient (Wildman–Crippen LogP) is 1.57. The monoisotopic (exact) mass is 302 g/mol. The van der Waals surface area contributed by atoms with Gasteiger partial charge in [0.05, 0.1) is 28.3 Å². The van der Waals surface area contributed by atoms with Crippen LogP contribution in [-0.4, -0.2) is 24.9 Å². The summed E-state index contributed by atoms with van der Waals surface area (Å²) in [6.45, 7) is 0.315. The molecule has 1 N–H and O–H groups in total. The van der Waals surface area contributed by atoms with E-state index in [0.717, 1.165) is 5.69 Å². The standard InChI is InChI=1S/C10H8BrClN2O2/c11-10-6(12)2-1-3-7(10)14-4-8(15)13-9(16)5-14/h1-3H,4-5H2,(H,13,15,16). The van der Waals surface area contributed by atoms with Gasteiger partial charge < -0.3 is 4.90 Å². The van der Waals surface area contributed by atoms with E-state index in [2.05, 4.69) is 21.2 Å². The summed E-state index contributed by atoms with van der Waals surface area (Å²) in [5.41, 5.74) is 0.746. The highest BCUT2D eigenvalue weighted by Crippen LogP contribution is 2.32.